The zero-order valence-corrected chi connectivity index (χ0v) is 13.0. The first-order chi connectivity index (χ1) is 10.6. The lowest BCUT2D eigenvalue weighted by Crippen LogP contribution is -2.23. The molecule has 1 atom stereocenters. The standard InChI is InChI=1S/C15H16FN3O2S/c1-10(11-4-6-12(16)7-5-11)22-15-18-17-13(21-15)9-19-8-2-3-14(19)20/h4-7,10H,2-3,8-9H2,1H3. The summed E-state index contributed by atoms with van der Waals surface area (Å²) in [5, 5.41) is 8.51. The van der Waals surface area contributed by atoms with Crippen molar-refractivity contribution < 1.29 is 13.6 Å². The number of amides is 1. The number of hydrogen-bond acceptors (Lipinski definition) is 5. The number of benzene rings is 1. The predicted octanol–water partition coefficient (Wildman–Crippen LogP) is 3.18. The van der Waals surface area contributed by atoms with Crippen molar-refractivity contribution in [3.05, 3.63) is 41.5 Å². The topological polar surface area (TPSA) is 59.2 Å². The molecule has 2 aromatic rings. The fourth-order valence-corrected chi connectivity index (χ4v) is 3.17. The number of thioether (sulfide) groups is 1. The Morgan fingerprint density at radius 2 is 2.14 bits per heavy atom. The second-order valence-corrected chi connectivity index (χ2v) is 6.48. The van der Waals surface area contributed by atoms with Gasteiger partial charge >= 0.3 is 0 Å². The van der Waals surface area contributed by atoms with Gasteiger partial charge in [-0.1, -0.05) is 23.9 Å². The summed E-state index contributed by atoms with van der Waals surface area (Å²) in [4.78, 5) is 13.3. The number of halogens is 1. The van der Waals surface area contributed by atoms with Gasteiger partial charge in [-0.05, 0) is 31.0 Å². The lowest BCUT2D eigenvalue weighted by atomic mass is 10.2. The van der Waals surface area contributed by atoms with E-state index in [4.69, 9.17) is 4.42 Å². The van der Waals surface area contributed by atoms with Crippen molar-refractivity contribution in [2.45, 2.75) is 36.8 Å². The zero-order chi connectivity index (χ0) is 15.5. The highest BCUT2D eigenvalue weighted by molar-refractivity contribution is 7.99. The van der Waals surface area contributed by atoms with E-state index in [2.05, 4.69) is 10.2 Å². The van der Waals surface area contributed by atoms with Crippen molar-refractivity contribution in [1.29, 1.82) is 0 Å². The summed E-state index contributed by atoms with van der Waals surface area (Å²) in [5.41, 5.74) is 0.987. The molecule has 1 aromatic heterocycles. The van der Waals surface area contributed by atoms with Crippen LogP contribution in [-0.4, -0.2) is 27.5 Å². The maximum Gasteiger partial charge on any atom is 0.277 e. The van der Waals surface area contributed by atoms with Crippen LogP contribution in [0.4, 0.5) is 4.39 Å². The van der Waals surface area contributed by atoms with E-state index in [1.807, 2.05) is 6.92 Å². The third kappa shape index (κ3) is 3.47. The fourth-order valence-electron chi connectivity index (χ4n) is 2.34. The van der Waals surface area contributed by atoms with E-state index < -0.39 is 0 Å². The molecule has 7 heteroatoms. The smallest absolute Gasteiger partial charge is 0.277 e. The Morgan fingerprint density at radius 3 is 2.82 bits per heavy atom. The molecule has 22 heavy (non-hydrogen) atoms. The maximum absolute atomic E-state index is 12.9. The number of nitrogens with zero attached hydrogens (tertiary/aromatic N) is 3. The molecule has 1 aliphatic heterocycles. The molecule has 0 bridgehead atoms. The van der Waals surface area contributed by atoms with Gasteiger partial charge in [-0.25, -0.2) is 4.39 Å². The molecule has 3 rings (SSSR count). The Bertz CT molecular complexity index is 659. The highest BCUT2D eigenvalue weighted by Gasteiger charge is 2.22. The van der Waals surface area contributed by atoms with E-state index in [1.54, 1.807) is 17.0 Å². The van der Waals surface area contributed by atoms with Crippen molar-refractivity contribution in [2.75, 3.05) is 6.54 Å². The van der Waals surface area contributed by atoms with Gasteiger partial charge in [0, 0.05) is 18.2 Å². The molecule has 1 aromatic carbocycles. The molecule has 1 aliphatic rings. The number of carbonyl (C=O) groups is 1. The first-order valence-electron chi connectivity index (χ1n) is 7.14. The maximum atomic E-state index is 12.9. The largest absolute Gasteiger partial charge is 0.414 e. The van der Waals surface area contributed by atoms with E-state index in [0.717, 1.165) is 18.5 Å². The minimum Gasteiger partial charge on any atom is -0.414 e. The van der Waals surface area contributed by atoms with Crippen LogP contribution in [0.3, 0.4) is 0 Å². The van der Waals surface area contributed by atoms with Crippen molar-refractivity contribution in [2.24, 2.45) is 0 Å². The van der Waals surface area contributed by atoms with Crippen molar-refractivity contribution in [1.82, 2.24) is 15.1 Å². The monoisotopic (exact) mass is 321 g/mol. The van der Waals surface area contributed by atoms with Gasteiger partial charge in [-0.2, -0.15) is 0 Å². The molecule has 1 saturated heterocycles. The second-order valence-electron chi connectivity index (χ2n) is 5.19. The number of hydrogen-bond donors (Lipinski definition) is 0. The summed E-state index contributed by atoms with van der Waals surface area (Å²) in [5.74, 6) is 0.326. The molecular formula is C15H16FN3O2S. The lowest BCUT2D eigenvalue weighted by molar-refractivity contribution is -0.128. The van der Waals surface area contributed by atoms with Gasteiger partial charge in [0.05, 0.1) is 6.54 Å². The molecule has 1 amide bonds. The van der Waals surface area contributed by atoms with Crippen LogP contribution in [0.15, 0.2) is 33.9 Å². The van der Waals surface area contributed by atoms with Crippen LogP contribution in [0.5, 0.6) is 0 Å². The highest BCUT2D eigenvalue weighted by atomic mass is 32.2. The van der Waals surface area contributed by atoms with Gasteiger partial charge in [-0.15, -0.1) is 10.2 Å². The summed E-state index contributed by atoms with van der Waals surface area (Å²) in [6.45, 7) is 3.11. The van der Waals surface area contributed by atoms with Crippen LogP contribution >= 0.6 is 11.8 Å². The summed E-state index contributed by atoms with van der Waals surface area (Å²) in [6, 6.07) is 6.36. The van der Waals surface area contributed by atoms with Gasteiger partial charge in [0.15, 0.2) is 0 Å². The number of likely N-dealkylation sites (tertiary alicyclic amines) is 1. The summed E-state index contributed by atoms with van der Waals surface area (Å²) < 4.78 is 18.5. The van der Waals surface area contributed by atoms with Gasteiger partial charge in [0.25, 0.3) is 5.22 Å². The van der Waals surface area contributed by atoms with Crippen molar-refractivity contribution in [3.63, 3.8) is 0 Å². The molecule has 1 fully saturated rings. The van der Waals surface area contributed by atoms with E-state index in [9.17, 15) is 9.18 Å². The first kappa shape index (κ1) is 15.0. The summed E-state index contributed by atoms with van der Waals surface area (Å²) in [7, 11) is 0. The number of aromatic nitrogens is 2. The van der Waals surface area contributed by atoms with Crippen molar-refractivity contribution in [3.8, 4) is 0 Å². The van der Waals surface area contributed by atoms with Crippen molar-refractivity contribution >= 4 is 17.7 Å². The Morgan fingerprint density at radius 1 is 1.36 bits per heavy atom. The van der Waals surface area contributed by atoms with Crippen LogP contribution in [0, 0.1) is 5.82 Å². The quantitative estimate of drug-likeness (QED) is 0.792. The van der Waals surface area contributed by atoms with Gasteiger partial charge in [0.1, 0.15) is 5.82 Å². The Balaban J connectivity index is 1.61. The number of rotatable bonds is 5. The second kappa shape index (κ2) is 6.48. The molecule has 2 heterocycles. The van der Waals surface area contributed by atoms with E-state index in [-0.39, 0.29) is 17.0 Å². The summed E-state index contributed by atoms with van der Waals surface area (Å²) >= 11 is 1.42. The van der Waals surface area contributed by atoms with Crippen LogP contribution in [-0.2, 0) is 11.3 Å². The normalized spacial score (nSPS) is 16.3. The van der Waals surface area contributed by atoms with Gasteiger partial charge < -0.3 is 9.32 Å². The molecule has 0 spiro atoms. The lowest BCUT2D eigenvalue weighted by Gasteiger charge is -2.11. The van der Waals surface area contributed by atoms with Gasteiger partial charge in [-0.3, -0.25) is 4.79 Å². The van der Waals surface area contributed by atoms with Gasteiger partial charge in [0.2, 0.25) is 11.8 Å². The molecule has 0 radical (unpaired) electrons. The minimum atomic E-state index is -0.253. The van der Waals surface area contributed by atoms with E-state index in [1.165, 1.54) is 23.9 Å². The average molecular weight is 321 g/mol. The Kier molecular flexibility index (Phi) is 4.42. The molecular weight excluding hydrogens is 305 g/mol. The minimum absolute atomic E-state index is 0.0716. The molecule has 0 saturated carbocycles. The fraction of sp³-hybridized carbons (Fsp3) is 0.400. The van der Waals surface area contributed by atoms with E-state index in [0.29, 0.717) is 24.1 Å². The molecule has 1 unspecified atom stereocenters. The third-order valence-electron chi connectivity index (χ3n) is 3.56. The van der Waals surface area contributed by atoms with Crippen LogP contribution in [0.1, 0.15) is 36.5 Å². The third-order valence-corrected chi connectivity index (χ3v) is 4.56. The zero-order valence-electron chi connectivity index (χ0n) is 12.2. The Labute approximate surface area is 131 Å². The average Bonchev–Trinajstić information content (AvgIpc) is 3.10. The molecule has 116 valence electrons. The molecule has 5 nitrogen and oxygen atoms in total. The van der Waals surface area contributed by atoms with E-state index >= 15 is 0 Å². The molecule has 0 N–H and O–H groups in total. The highest BCUT2D eigenvalue weighted by Crippen LogP contribution is 2.34. The number of carbonyl (C=O) groups excluding carboxylic acids is 1. The van der Waals surface area contributed by atoms with Crippen LogP contribution in [0.25, 0.3) is 0 Å². The SMILES string of the molecule is CC(Sc1nnc(CN2CCCC2=O)o1)c1ccc(F)cc1. The van der Waals surface area contributed by atoms with Crippen LogP contribution < -0.4 is 0 Å². The van der Waals surface area contributed by atoms with Crippen LogP contribution in [0.2, 0.25) is 0 Å². The summed E-state index contributed by atoms with van der Waals surface area (Å²) in [6.07, 6.45) is 1.48. The first-order valence-corrected chi connectivity index (χ1v) is 8.02. The predicted molar refractivity (Wildman–Crippen MR) is 79.6 cm³/mol. The Hall–Kier alpha value is -1.89. The molecule has 0 aliphatic carbocycles.